The van der Waals surface area contributed by atoms with Gasteiger partial charge in [-0.1, -0.05) is 0 Å². The Kier molecular flexibility index (Phi) is 7.84. The Labute approximate surface area is 112 Å². The zero-order chi connectivity index (χ0) is 13.2. The molecule has 1 fully saturated rings. The Morgan fingerprint density at radius 1 is 1.56 bits per heavy atom. The largest absolute Gasteiger partial charge is 0.480 e. The molecule has 0 spiro atoms. The lowest BCUT2D eigenvalue weighted by molar-refractivity contribution is -0.140. The van der Waals surface area contributed by atoms with Gasteiger partial charge in [-0.25, -0.2) is 4.79 Å². The summed E-state index contributed by atoms with van der Waals surface area (Å²) in [7, 11) is 0. The van der Waals surface area contributed by atoms with E-state index in [4.69, 9.17) is 9.84 Å². The van der Waals surface area contributed by atoms with E-state index in [-0.39, 0.29) is 0 Å². The van der Waals surface area contributed by atoms with Crippen LogP contribution in [-0.2, 0) is 14.3 Å². The zero-order valence-corrected chi connectivity index (χ0v) is 11.3. The van der Waals surface area contributed by atoms with Gasteiger partial charge in [0.1, 0.15) is 6.04 Å². The van der Waals surface area contributed by atoms with Crippen molar-refractivity contribution in [1.82, 2.24) is 5.32 Å². The van der Waals surface area contributed by atoms with Gasteiger partial charge in [0.15, 0.2) is 0 Å². The second-order valence-corrected chi connectivity index (χ2v) is 5.58. The second kappa shape index (κ2) is 9.22. The molecule has 6 heteroatoms. The van der Waals surface area contributed by atoms with Gasteiger partial charge in [0.05, 0.1) is 6.10 Å². The molecule has 0 aromatic carbocycles. The Morgan fingerprint density at radius 3 is 3.00 bits per heavy atom. The van der Waals surface area contributed by atoms with Crippen molar-refractivity contribution in [2.75, 3.05) is 18.1 Å². The molecule has 0 aromatic heterocycles. The van der Waals surface area contributed by atoms with Crippen molar-refractivity contribution < 1.29 is 19.4 Å². The average molecular weight is 275 g/mol. The molecule has 1 rings (SSSR count). The normalized spacial score (nSPS) is 20.6. The molecule has 0 saturated carbocycles. The topological polar surface area (TPSA) is 75.6 Å². The van der Waals surface area contributed by atoms with Gasteiger partial charge in [0, 0.05) is 6.61 Å². The second-order valence-electron chi connectivity index (χ2n) is 4.35. The number of ether oxygens (including phenoxy) is 1. The summed E-state index contributed by atoms with van der Waals surface area (Å²) >= 11 is 1.73. The van der Waals surface area contributed by atoms with Crippen LogP contribution in [0.5, 0.6) is 0 Å². The molecular weight excluding hydrogens is 254 g/mol. The van der Waals surface area contributed by atoms with Gasteiger partial charge in [-0.3, -0.25) is 4.79 Å². The highest BCUT2D eigenvalue weighted by Crippen LogP contribution is 2.18. The van der Waals surface area contributed by atoms with Crippen LogP contribution in [0.2, 0.25) is 0 Å². The molecule has 1 aliphatic rings. The van der Waals surface area contributed by atoms with Crippen molar-refractivity contribution in [1.29, 1.82) is 0 Å². The molecule has 2 N–H and O–H groups in total. The molecule has 0 aromatic rings. The van der Waals surface area contributed by atoms with Crippen LogP contribution in [0.25, 0.3) is 0 Å². The monoisotopic (exact) mass is 275 g/mol. The molecule has 1 aliphatic heterocycles. The van der Waals surface area contributed by atoms with E-state index in [9.17, 15) is 9.59 Å². The summed E-state index contributed by atoms with van der Waals surface area (Å²) in [5, 5.41) is 11.1. The lowest BCUT2D eigenvalue weighted by atomic mass is 10.1. The predicted molar refractivity (Wildman–Crippen MR) is 70.8 cm³/mol. The van der Waals surface area contributed by atoms with E-state index in [1.807, 2.05) is 0 Å². The van der Waals surface area contributed by atoms with Crippen molar-refractivity contribution in [3.05, 3.63) is 0 Å². The number of nitrogens with one attached hydrogen (secondary N) is 1. The standard InChI is InChI=1S/C12H21NO4S/c14-9-13-11(12(15)16)5-8-18-7-2-4-10-3-1-6-17-10/h9-11H,1-8H2,(H,13,14)(H,15,16). The fraction of sp³-hybridized carbons (Fsp3) is 0.833. The fourth-order valence-corrected chi connectivity index (χ4v) is 2.93. The molecule has 104 valence electrons. The molecule has 1 saturated heterocycles. The first-order valence-corrected chi connectivity index (χ1v) is 7.51. The molecule has 5 nitrogen and oxygen atoms in total. The highest BCUT2D eigenvalue weighted by molar-refractivity contribution is 7.99. The van der Waals surface area contributed by atoms with Gasteiger partial charge in [-0.2, -0.15) is 11.8 Å². The summed E-state index contributed by atoms with van der Waals surface area (Å²) in [5.74, 6) is 0.804. The number of thioether (sulfide) groups is 1. The van der Waals surface area contributed by atoms with E-state index < -0.39 is 12.0 Å². The summed E-state index contributed by atoms with van der Waals surface area (Å²) < 4.78 is 5.53. The smallest absolute Gasteiger partial charge is 0.326 e. The highest BCUT2D eigenvalue weighted by atomic mass is 32.2. The summed E-state index contributed by atoms with van der Waals surface area (Å²) in [6.45, 7) is 0.898. The van der Waals surface area contributed by atoms with Gasteiger partial charge < -0.3 is 15.2 Å². The molecular formula is C12H21NO4S. The Morgan fingerprint density at radius 2 is 2.39 bits per heavy atom. The zero-order valence-electron chi connectivity index (χ0n) is 10.5. The molecule has 1 heterocycles. The van der Waals surface area contributed by atoms with Gasteiger partial charge in [-0.15, -0.1) is 0 Å². The minimum atomic E-state index is -0.970. The predicted octanol–water partition coefficient (Wildman–Crippen LogP) is 1.27. The van der Waals surface area contributed by atoms with Crippen molar-refractivity contribution in [3.8, 4) is 0 Å². The fourth-order valence-electron chi connectivity index (χ4n) is 1.95. The van der Waals surface area contributed by atoms with Crippen molar-refractivity contribution in [2.45, 2.75) is 44.2 Å². The molecule has 1 amide bonds. The molecule has 2 unspecified atom stereocenters. The van der Waals surface area contributed by atoms with Crippen molar-refractivity contribution in [2.24, 2.45) is 0 Å². The lowest BCUT2D eigenvalue weighted by Gasteiger charge is -2.11. The maximum atomic E-state index is 10.7. The SMILES string of the molecule is O=CNC(CCSCCCC1CCCO1)C(=O)O. The summed E-state index contributed by atoms with van der Waals surface area (Å²) in [4.78, 5) is 20.9. The average Bonchev–Trinajstić information content (AvgIpc) is 2.84. The first-order chi connectivity index (χ1) is 8.74. The van der Waals surface area contributed by atoms with E-state index in [1.165, 1.54) is 12.8 Å². The first kappa shape index (κ1) is 15.3. The first-order valence-electron chi connectivity index (χ1n) is 6.36. The number of carbonyl (C=O) groups excluding carboxylic acids is 1. The van der Waals surface area contributed by atoms with Crippen molar-refractivity contribution in [3.63, 3.8) is 0 Å². The maximum absolute atomic E-state index is 10.7. The van der Waals surface area contributed by atoms with Gasteiger partial charge >= 0.3 is 5.97 Å². The van der Waals surface area contributed by atoms with Crippen LogP contribution < -0.4 is 5.32 Å². The van der Waals surface area contributed by atoms with E-state index in [1.54, 1.807) is 11.8 Å². The van der Waals surface area contributed by atoms with Crippen LogP contribution in [0.4, 0.5) is 0 Å². The number of aliphatic carboxylic acids is 1. The number of carboxylic acid groups (broad SMARTS) is 1. The number of carbonyl (C=O) groups is 2. The van der Waals surface area contributed by atoms with Crippen molar-refractivity contribution >= 4 is 24.1 Å². The summed E-state index contributed by atoms with van der Waals surface area (Å²) in [5.41, 5.74) is 0. The van der Waals surface area contributed by atoms with E-state index >= 15 is 0 Å². The number of rotatable bonds is 10. The van der Waals surface area contributed by atoms with Crippen LogP contribution in [0.15, 0.2) is 0 Å². The molecule has 2 atom stereocenters. The van der Waals surface area contributed by atoms with Gasteiger partial charge in [0.25, 0.3) is 0 Å². The quantitative estimate of drug-likeness (QED) is 0.464. The van der Waals surface area contributed by atoms with Crippen LogP contribution >= 0.6 is 11.8 Å². The van der Waals surface area contributed by atoms with E-state index in [0.717, 1.165) is 31.0 Å². The lowest BCUT2D eigenvalue weighted by Crippen LogP contribution is -2.36. The van der Waals surface area contributed by atoms with Gasteiger partial charge in [0.2, 0.25) is 6.41 Å². The number of hydrogen-bond acceptors (Lipinski definition) is 4. The molecule has 0 radical (unpaired) electrons. The highest BCUT2D eigenvalue weighted by Gasteiger charge is 2.16. The number of carboxylic acids is 1. The van der Waals surface area contributed by atoms with Crippen LogP contribution in [0.1, 0.15) is 32.1 Å². The van der Waals surface area contributed by atoms with Gasteiger partial charge in [-0.05, 0) is 43.6 Å². The third kappa shape index (κ3) is 6.26. The molecule has 0 bridgehead atoms. The molecule has 18 heavy (non-hydrogen) atoms. The van der Waals surface area contributed by atoms with Crippen LogP contribution in [0.3, 0.4) is 0 Å². The third-order valence-electron chi connectivity index (χ3n) is 2.96. The van der Waals surface area contributed by atoms with Crippen LogP contribution in [0, 0.1) is 0 Å². The Balaban J connectivity index is 1.96. The van der Waals surface area contributed by atoms with E-state index in [2.05, 4.69) is 5.32 Å². The Hall–Kier alpha value is -0.750. The summed E-state index contributed by atoms with van der Waals surface area (Å²) in [6.07, 6.45) is 5.91. The Bertz CT molecular complexity index is 256. The minimum Gasteiger partial charge on any atom is -0.480 e. The van der Waals surface area contributed by atoms with Crippen LogP contribution in [-0.4, -0.2) is 47.7 Å². The third-order valence-corrected chi connectivity index (χ3v) is 4.06. The minimum absolute atomic E-state index is 0.439. The summed E-state index contributed by atoms with van der Waals surface area (Å²) in [6, 6.07) is -0.756. The van der Waals surface area contributed by atoms with E-state index in [0.29, 0.717) is 18.9 Å². The number of amides is 1. The maximum Gasteiger partial charge on any atom is 0.326 e. The number of hydrogen-bond donors (Lipinski definition) is 2. The molecule has 0 aliphatic carbocycles.